The molecule has 1 aromatic heterocycles. The number of hydrogen-bond acceptors (Lipinski definition) is 2. The Balaban J connectivity index is 2.59. The Morgan fingerprint density at radius 3 is 2.50 bits per heavy atom. The molecule has 0 unspecified atom stereocenters. The van der Waals surface area contributed by atoms with Crippen molar-refractivity contribution in [3.05, 3.63) is 34.7 Å². The first-order valence-electron chi connectivity index (χ1n) is 3.63. The molecule has 64 valence electrons. The van der Waals surface area contributed by atoms with Crippen LogP contribution in [0.5, 0.6) is 0 Å². The first-order valence-corrected chi connectivity index (χ1v) is 3.63. The number of nitrogens with two attached hydrogens (primary N) is 1. The van der Waals surface area contributed by atoms with Crippen LogP contribution in [0.4, 0.5) is 0 Å². The molecule has 2 N–H and O–H groups in total. The van der Waals surface area contributed by atoms with Gasteiger partial charge >= 0.3 is 0 Å². The Morgan fingerprint density at radius 1 is 1.42 bits per heavy atom. The van der Waals surface area contributed by atoms with Crippen LogP contribution in [0.25, 0.3) is 0 Å². The number of carbonyl (C=O) groups excluding carboxylic acids is 1. The first kappa shape index (κ1) is 8.52. The fraction of sp³-hybridized carbons (Fsp3) is 0.250. The lowest BCUT2D eigenvalue weighted by molar-refractivity contribution is -0.118. The van der Waals surface area contributed by atoms with Crippen LogP contribution in [0, 0.1) is 0 Å². The average Bonchev–Trinajstić information content (AvgIpc) is 2.03. The summed E-state index contributed by atoms with van der Waals surface area (Å²) in [5.74, 6) is -0.339. The average molecular weight is 166 g/mol. The number of carbonyl (C=O) groups is 1. The van der Waals surface area contributed by atoms with Crippen LogP contribution < -0.4 is 11.2 Å². The third-order valence-electron chi connectivity index (χ3n) is 1.48. The Hall–Kier alpha value is -1.58. The molecule has 0 aromatic carbocycles. The van der Waals surface area contributed by atoms with Crippen molar-refractivity contribution in [1.29, 1.82) is 0 Å². The Labute approximate surface area is 69.6 Å². The molecule has 0 spiro atoms. The second kappa shape index (κ2) is 3.71. The van der Waals surface area contributed by atoms with E-state index in [1.165, 1.54) is 12.1 Å². The smallest absolute Gasteiger partial charge is 0.219 e. The lowest BCUT2D eigenvalue weighted by Crippen LogP contribution is -2.14. The van der Waals surface area contributed by atoms with Gasteiger partial charge in [0, 0.05) is 37.5 Å². The minimum Gasteiger partial charge on any atom is -0.370 e. The van der Waals surface area contributed by atoms with Crippen molar-refractivity contribution in [1.82, 2.24) is 4.57 Å². The van der Waals surface area contributed by atoms with Crippen LogP contribution in [0.15, 0.2) is 29.3 Å². The molecule has 1 amide bonds. The van der Waals surface area contributed by atoms with Crippen LogP contribution in [0.1, 0.15) is 6.42 Å². The predicted molar refractivity (Wildman–Crippen MR) is 44.5 cm³/mol. The SMILES string of the molecule is NC(=O)CCn1ccc(=O)cc1. The van der Waals surface area contributed by atoms with E-state index in [0.29, 0.717) is 13.0 Å². The molecule has 0 aliphatic heterocycles. The fourth-order valence-electron chi connectivity index (χ4n) is 0.832. The molecule has 4 heteroatoms. The molecule has 0 bridgehead atoms. The zero-order chi connectivity index (χ0) is 8.97. The maximum atomic E-state index is 10.7. The van der Waals surface area contributed by atoms with Gasteiger partial charge in [0.25, 0.3) is 0 Å². The molecule has 0 saturated heterocycles. The van der Waals surface area contributed by atoms with E-state index in [0.717, 1.165) is 0 Å². The molecule has 1 aromatic rings. The molecule has 0 fully saturated rings. The summed E-state index contributed by atoms with van der Waals surface area (Å²) in [6, 6.07) is 2.89. The molecule has 0 aliphatic carbocycles. The third-order valence-corrected chi connectivity index (χ3v) is 1.48. The van der Waals surface area contributed by atoms with Gasteiger partial charge in [0.2, 0.25) is 5.91 Å². The van der Waals surface area contributed by atoms with E-state index in [4.69, 9.17) is 5.73 Å². The van der Waals surface area contributed by atoms with Gasteiger partial charge in [-0.1, -0.05) is 0 Å². The minimum atomic E-state index is -0.339. The third kappa shape index (κ3) is 2.57. The van der Waals surface area contributed by atoms with Crippen molar-refractivity contribution >= 4 is 5.91 Å². The lowest BCUT2D eigenvalue weighted by Gasteiger charge is -2.01. The largest absolute Gasteiger partial charge is 0.370 e. The summed E-state index contributed by atoms with van der Waals surface area (Å²) in [5.41, 5.74) is 4.92. The van der Waals surface area contributed by atoms with Gasteiger partial charge in [-0.05, 0) is 0 Å². The van der Waals surface area contributed by atoms with Gasteiger partial charge in [-0.15, -0.1) is 0 Å². The number of hydrogen-bond donors (Lipinski definition) is 1. The van der Waals surface area contributed by atoms with Crippen LogP contribution in [-0.4, -0.2) is 10.5 Å². The van der Waals surface area contributed by atoms with Gasteiger partial charge < -0.3 is 10.3 Å². The van der Waals surface area contributed by atoms with E-state index < -0.39 is 0 Å². The molecule has 12 heavy (non-hydrogen) atoms. The van der Waals surface area contributed by atoms with Gasteiger partial charge in [-0.3, -0.25) is 9.59 Å². The summed E-state index contributed by atoms with van der Waals surface area (Å²) in [4.78, 5) is 21.0. The molecule has 0 atom stereocenters. The first-order chi connectivity index (χ1) is 5.68. The van der Waals surface area contributed by atoms with Crippen molar-refractivity contribution < 1.29 is 4.79 Å². The van der Waals surface area contributed by atoms with Gasteiger partial charge in [-0.2, -0.15) is 0 Å². The zero-order valence-corrected chi connectivity index (χ0v) is 6.56. The molecule has 0 saturated carbocycles. The minimum absolute atomic E-state index is 0.0367. The summed E-state index contributed by atoms with van der Waals surface area (Å²) in [6.45, 7) is 0.523. The highest BCUT2D eigenvalue weighted by Gasteiger charge is 1.93. The number of pyridine rings is 1. The van der Waals surface area contributed by atoms with E-state index in [2.05, 4.69) is 0 Å². The van der Waals surface area contributed by atoms with Crippen molar-refractivity contribution in [3.63, 3.8) is 0 Å². The molecule has 4 nitrogen and oxygen atoms in total. The van der Waals surface area contributed by atoms with E-state index in [1.807, 2.05) is 0 Å². The van der Waals surface area contributed by atoms with E-state index in [-0.39, 0.29) is 11.3 Å². The van der Waals surface area contributed by atoms with Crippen LogP contribution in [-0.2, 0) is 11.3 Å². The Kier molecular flexibility index (Phi) is 2.63. The number of aryl methyl sites for hydroxylation is 1. The van der Waals surface area contributed by atoms with Crippen LogP contribution >= 0.6 is 0 Å². The highest BCUT2D eigenvalue weighted by molar-refractivity contribution is 5.73. The van der Waals surface area contributed by atoms with Crippen molar-refractivity contribution in [2.24, 2.45) is 5.73 Å². The number of rotatable bonds is 3. The maximum Gasteiger partial charge on any atom is 0.219 e. The molecular weight excluding hydrogens is 156 g/mol. The van der Waals surface area contributed by atoms with Crippen molar-refractivity contribution in [2.45, 2.75) is 13.0 Å². The normalized spacial score (nSPS) is 9.67. The number of nitrogens with zero attached hydrogens (tertiary/aromatic N) is 1. The number of aromatic nitrogens is 1. The van der Waals surface area contributed by atoms with Crippen LogP contribution in [0.2, 0.25) is 0 Å². The van der Waals surface area contributed by atoms with E-state index in [9.17, 15) is 9.59 Å². The molecule has 1 rings (SSSR count). The molecule has 0 radical (unpaired) electrons. The second-order valence-electron chi connectivity index (χ2n) is 2.49. The summed E-state index contributed by atoms with van der Waals surface area (Å²) in [7, 11) is 0. The Bertz CT molecular complexity index is 310. The molecule has 1 heterocycles. The topological polar surface area (TPSA) is 65.1 Å². The van der Waals surface area contributed by atoms with E-state index in [1.54, 1.807) is 17.0 Å². The second-order valence-corrected chi connectivity index (χ2v) is 2.49. The molecule has 0 aliphatic rings. The number of amides is 1. The van der Waals surface area contributed by atoms with E-state index >= 15 is 0 Å². The quantitative estimate of drug-likeness (QED) is 0.671. The van der Waals surface area contributed by atoms with Crippen LogP contribution in [0.3, 0.4) is 0 Å². The monoisotopic (exact) mass is 166 g/mol. The van der Waals surface area contributed by atoms with Gasteiger partial charge in [0.05, 0.1) is 0 Å². The maximum absolute atomic E-state index is 10.7. The summed E-state index contributed by atoms with van der Waals surface area (Å²) in [5, 5.41) is 0. The van der Waals surface area contributed by atoms with Gasteiger partial charge in [0.1, 0.15) is 0 Å². The van der Waals surface area contributed by atoms with Crippen molar-refractivity contribution in [2.75, 3.05) is 0 Å². The highest BCUT2D eigenvalue weighted by Crippen LogP contribution is 1.87. The standard InChI is InChI=1S/C8H10N2O2/c9-8(12)3-6-10-4-1-7(11)2-5-10/h1-2,4-5H,3,6H2,(H2,9,12). The molecular formula is C8H10N2O2. The Morgan fingerprint density at radius 2 is 2.00 bits per heavy atom. The number of primary amides is 1. The predicted octanol–water partition coefficient (Wildman–Crippen LogP) is -0.276. The summed E-state index contributed by atoms with van der Waals surface area (Å²) in [6.07, 6.45) is 3.55. The summed E-state index contributed by atoms with van der Waals surface area (Å²) >= 11 is 0. The highest BCUT2D eigenvalue weighted by atomic mass is 16.1. The van der Waals surface area contributed by atoms with Crippen molar-refractivity contribution in [3.8, 4) is 0 Å². The van der Waals surface area contributed by atoms with Gasteiger partial charge in [-0.25, -0.2) is 0 Å². The lowest BCUT2D eigenvalue weighted by atomic mass is 10.4. The fourth-order valence-corrected chi connectivity index (χ4v) is 0.832. The summed E-state index contributed by atoms with van der Waals surface area (Å²) < 4.78 is 1.74. The zero-order valence-electron chi connectivity index (χ0n) is 6.56. The van der Waals surface area contributed by atoms with Gasteiger partial charge in [0.15, 0.2) is 5.43 Å².